The molecule has 2 rings (SSSR count). The minimum absolute atomic E-state index is 0.189. The van der Waals surface area contributed by atoms with E-state index in [-0.39, 0.29) is 5.15 Å². The molecule has 0 radical (unpaired) electrons. The summed E-state index contributed by atoms with van der Waals surface area (Å²) in [6.07, 6.45) is 0.704. The lowest BCUT2D eigenvalue weighted by atomic mass is 10.2. The molecule has 0 amide bonds. The Hall–Kier alpha value is -1.94. The van der Waals surface area contributed by atoms with Gasteiger partial charge in [-0.1, -0.05) is 23.7 Å². The molecule has 0 aliphatic heterocycles. The predicted octanol–water partition coefficient (Wildman–Crippen LogP) is 3.72. The van der Waals surface area contributed by atoms with Crippen LogP contribution >= 0.6 is 11.6 Å². The smallest absolute Gasteiger partial charge is 0.156 e. The van der Waals surface area contributed by atoms with Crippen LogP contribution in [0.15, 0.2) is 24.3 Å². The summed E-state index contributed by atoms with van der Waals surface area (Å²) in [4.78, 5) is 21.7. The fraction of sp³-hybridized carbons (Fsp3) is 0.267. The molecule has 2 aromatic rings. The maximum Gasteiger partial charge on any atom is 0.156 e. The number of halogens is 1. The largest absolute Gasteiger partial charge is 0.326 e. The molecule has 0 N–H and O–H groups in total. The van der Waals surface area contributed by atoms with Gasteiger partial charge in [0.05, 0.1) is 5.56 Å². The molecule has 0 saturated carbocycles. The summed E-state index contributed by atoms with van der Waals surface area (Å²) in [5.41, 5.74) is 2.44. The second-order valence-electron chi connectivity index (χ2n) is 4.50. The van der Waals surface area contributed by atoms with Crippen molar-refractivity contribution in [2.24, 2.45) is 0 Å². The third-order valence-electron chi connectivity index (χ3n) is 2.99. The standard InChI is InChI=1S/C15H16ClN3O/c1-4-19(12-7-5-6-10(2)8-12)15-13(9-20)14(16)17-11(3)18-15/h5-9H,4H2,1-3H3. The van der Waals surface area contributed by atoms with Crippen LogP contribution in [0.1, 0.15) is 28.7 Å². The van der Waals surface area contributed by atoms with Crippen LogP contribution in [0.2, 0.25) is 5.15 Å². The molecule has 0 atom stereocenters. The van der Waals surface area contributed by atoms with E-state index in [4.69, 9.17) is 11.6 Å². The molecular weight excluding hydrogens is 274 g/mol. The van der Waals surface area contributed by atoms with E-state index in [1.165, 1.54) is 0 Å². The number of nitrogens with zero attached hydrogens (tertiary/aromatic N) is 3. The highest BCUT2D eigenvalue weighted by atomic mass is 35.5. The second-order valence-corrected chi connectivity index (χ2v) is 4.86. The Kier molecular flexibility index (Phi) is 4.35. The summed E-state index contributed by atoms with van der Waals surface area (Å²) in [5.74, 6) is 1.09. The molecule has 1 aromatic carbocycles. The van der Waals surface area contributed by atoms with Crippen molar-refractivity contribution in [1.82, 2.24) is 9.97 Å². The molecule has 104 valence electrons. The van der Waals surface area contributed by atoms with Gasteiger partial charge < -0.3 is 4.90 Å². The monoisotopic (exact) mass is 289 g/mol. The molecule has 0 spiro atoms. The Morgan fingerprint density at radius 1 is 1.30 bits per heavy atom. The molecule has 1 aromatic heterocycles. The maximum atomic E-state index is 11.3. The van der Waals surface area contributed by atoms with Gasteiger partial charge in [0.25, 0.3) is 0 Å². The van der Waals surface area contributed by atoms with Crippen molar-refractivity contribution >= 4 is 29.4 Å². The van der Waals surface area contributed by atoms with Crippen molar-refractivity contribution < 1.29 is 4.79 Å². The first-order chi connectivity index (χ1) is 9.56. The minimum Gasteiger partial charge on any atom is -0.326 e. The summed E-state index contributed by atoms with van der Waals surface area (Å²) in [5, 5.41) is 0.189. The summed E-state index contributed by atoms with van der Waals surface area (Å²) >= 11 is 6.05. The van der Waals surface area contributed by atoms with Crippen LogP contribution in [0, 0.1) is 13.8 Å². The Morgan fingerprint density at radius 3 is 2.65 bits per heavy atom. The third-order valence-corrected chi connectivity index (χ3v) is 3.28. The highest BCUT2D eigenvalue weighted by molar-refractivity contribution is 6.32. The van der Waals surface area contributed by atoms with Crippen molar-refractivity contribution in [1.29, 1.82) is 0 Å². The number of carbonyl (C=O) groups excluding carboxylic acids is 1. The normalized spacial score (nSPS) is 10.4. The predicted molar refractivity (Wildman–Crippen MR) is 81.0 cm³/mol. The quantitative estimate of drug-likeness (QED) is 0.636. The van der Waals surface area contributed by atoms with Gasteiger partial charge in [-0.2, -0.15) is 0 Å². The SMILES string of the molecule is CCN(c1cccc(C)c1)c1nc(C)nc(Cl)c1C=O. The Morgan fingerprint density at radius 2 is 2.05 bits per heavy atom. The zero-order valence-corrected chi connectivity index (χ0v) is 12.5. The molecule has 4 nitrogen and oxygen atoms in total. The average molecular weight is 290 g/mol. The molecular formula is C15H16ClN3O. The number of anilines is 2. The van der Waals surface area contributed by atoms with Gasteiger partial charge in [-0.05, 0) is 38.5 Å². The molecule has 20 heavy (non-hydrogen) atoms. The van der Waals surface area contributed by atoms with Crippen LogP contribution in [0.5, 0.6) is 0 Å². The van der Waals surface area contributed by atoms with Gasteiger partial charge in [0, 0.05) is 12.2 Å². The number of carbonyl (C=O) groups is 1. The van der Waals surface area contributed by atoms with Gasteiger partial charge in [-0.15, -0.1) is 0 Å². The highest BCUT2D eigenvalue weighted by Gasteiger charge is 2.17. The number of hydrogen-bond donors (Lipinski definition) is 0. The molecule has 0 aliphatic carbocycles. The third kappa shape index (κ3) is 2.80. The summed E-state index contributed by atoms with van der Waals surface area (Å²) in [7, 11) is 0. The lowest BCUT2D eigenvalue weighted by molar-refractivity contribution is 0.112. The lowest BCUT2D eigenvalue weighted by Crippen LogP contribution is -2.20. The highest BCUT2D eigenvalue weighted by Crippen LogP contribution is 2.29. The number of aryl methyl sites for hydroxylation is 2. The average Bonchev–Trinajstić information content (AvgIpc) is 2.39. The zero-order chi connectivity index (χ0) is 14.7. The van der Waals surface area contributed by atoms with Crippen molar-refractivity contribution in [3.8, 4) is 0 Å². The minimum atomic E-state index is 0.189. The molecule has 5 heteroatoms. The van der Waals surface area contributed by atoms with Crippen molar-refractivity contribution in [2.45, 2.75) is 20.8 Å². The van der Waals surface area contributed by atoms with E-state index in [0.29, 0.717) is 30.0 Å². The first-order valence-corrected chi connectivity index (χ1v) is 6.78. The summed E-state index contributed by atoms with van der Waals surface area (Å²) in [6, 6.07) is 8.03. The van der Waals surface area contributed by atoms with Gasteiger partial charge in [0.15, 0.2) is 6.29 Å². The Balaban J connectivity index is 2.60. The van der Waals surface area contributed by atoms with E-state index < -0.39 is 0 Å². The van der Waals surface area contributed by atoms with Crippen LogP contribution < -0.4 is 4.90 Å². The molecule has 0 saturated heterocycles. The van der Waals surface area contributed by atoms with E-state index >= 15 is 0 Å². The second kappa shape index (κ2) is 6.01. The van der Waals surface area contributed by atoms with Crippen LogP contribution in [0.3, 0.4) is 0 Å². The van der Waals surface area contributed by atoms with E-state index in [9.17, 15) is 4.79 Å². The fourth-order valence-corrected chi connectivity index (χ4v) is 2.34. The summed E-state index contributed by atoms with van der Waals surface area (Å²) in [6.45, 7) is 6.46. The van der Waals surface area contributed by atoms with E-state index in [1.807, 2.05) is 43.0 Å². The van der Waals surface area contributed by atoms with Crippen LogP contribution in [-0.4, -0.2) is 22.8 Å². The van der Waals surface area contributed by atoms with Gasteiger partial charge >= 0.3 is 0 Å². The van der Waals surface area contributed by atoms with Gasteiger partial charge in [-0.25, -0.2) is 9.97 Å². The number of hydrogen-bond acceptors (Lipinski definition) is 4. The Bertz CT molecular complexity index is 643. The molecule has 0 unspecified atom stereocenters. The fourth-order valence-electron chi connectivity index (χ4n) is 2.09. The molecule has 0 aliphatic rings. The molecule has 0 fully saturated rings. The zero-order valence-electron chi connectivity index (χ0n) is 11.7. The lowest BCUT2D eigenvalue weighted by Gasteiger charge is -2.24. The van der Waals surface area contributed by atoms with Crippen LogP contribution in [-0.2, 0) is 0 Å². The van der Waals surface area contributed by atoms with Gasteiger partial charge in [0.1, 0.15) is 16.8 Å². The Labute approximate surface area is 123 Å². The molecule has 0 bridgehead atoms. The van der Waals surface area contributed by atoms with Crippen molar-refractivity contribution in [2.75, 3.05) is 11.4 Å². The number of aromatic nitrogens is 2. The number of benzene rings is 1. The first-order valence-electron chi connectivity index (χ1n) is 6.40. The van der Waals surface area contributed by atoms with E-state index in [2.05, 4.69) is 9.97 Å². The number of aldehydes is 1. The van der Waals surface area contributed by atoms with Gasteiger partial charge in [0.2, 0.25) is 0 Å². The topological polar surface area (TPSA) is 46.1 Å². The van der Waals surface area contributed by atoms with Crippen LogP contribution in [0.25, 0.3) is 0 Å². The maximum absolute atomic E-state index is 11.3. The van der Waals surface area contributed by atoms with E-state index in [1.54, 1.807) is 6.92 Å². The van der Waals surface area contributed by atoms with Crippen molar-refractivity contribution in [3.63, 3.8) is 0 Å². The van der Waals surface area contributed by atoms with Gasteiger partial charge in [-0.3, -0.25) is 4.79 Å². The molecule has 1 heterocycles. The van der Waals surface area contributed by atoms with E-state index in [0.717, 1.165) is 11.3 Å². The van der Waals surface area contributed by atoms with Crippen LogP contribution in [0.4, 0.5) is 11.5 Å². The van der Waals surface area contributed by atoms with Crippen molar-refractivity contribution in [3.05, 3.63) is 46.4 Å². The summed E-state index contributed by atoms with van der Waals surface area (Å²) < 4.78 is 0. The first kappa shape index (κ1) is 14.5. The number of rotatable bonds is 4.